The van der Waals surface area contributed by atoms with Gasteiger partial charge >= 0.3 is 0 Å². The third kappa shape index (κ3) is 4.13. The highest BCUT2D eigenvalue weighted by atomic mass is 32.2. The van der Waals surface area contributed by atoms with Crippen molar-refractivity contribution in [2.75, 3.05) is 24.5 Å². The summed E-state index contributed by atoms with van der Waals surface area (Å²) in [5.41, 5.74) is 2.22. The van der Waals surface area contributed by atoms with Crippen molar-refractivity contribution in [1.82, 2.24) is 9.71 Å². The van der Waals surface area contributed by atoms with Crippen molar-refractivity contribution >= 4 is 15.7 Å². The van der Waals surface area contributed by atoms with Gasteiger partial charge in [0.25, 0.3) is 0 Å². The zero-order chi connectivity index (χ0) is 17.0. The van der Waals surface area contributed by atoms with Crippen LogP contribution in [0.4, 0.5) is 5.69 Å². The number of anilines is 1. The van der Waals surface area contributed by atoms with Gasteiger partial charge in [0.15, 0.2) is 0 Å². The number of aryl methyl sites for hydroxylation is 1. The number of sulfonamides is 1. The van der Waals surface area contributed by atoms with Gasteiger partial charge in [0, 0.05) is 37.2 Å². The SMILES string of the molecule is Cc1cc(N2CCC(CNS(=O)(=O)c3ccccc3)CC2)ccn1. The summed E-state index contributed by atoms with van der Waals surface area (Å²) in [5.74, 6) is 0.377. The highest BCUT2D eigenvalue weighted by Gasteiger charge is 2.22. The van der Waals surface area contributed by atoms with Gasteiger partial charge < -0.3 is 4.90 Å². The predicted octanol–water partition coefficient (Wildman–Crippen LogP) is 2.58. The van der Waals surface area contributed by atoms with Gasteiger partial charge in [0.05, 0.1) is 4.90 Å². The number of rotatable bonds is 5. The lowest BCUT2D eigenvalue weighted by atomic mass is 9.97. The molecular weight excluding hydrogens is 322 g/mol. The van der Waals surface area contributed by atoms with Crippen LogP contribution in [0.1, 0.15) is 18.5 Å². The van der Waals surface area contributed by atoms with Crippen LogP contribution in [-0.2, 0) is 10.0 Å². The molecule has 2 heterocycles. The molecule has 5 nitrogen and oxygen atoms in total. The first kappa shape index (κ1) is 16.9. The molecule has 0 unspecified atom stereocenters. The van der Waals surface area contributed by atoms with E-state index in [1.165, 1.54) is 5.69 Å². The normalized spacial score (nSPS) is 16.3. The minimum Gasteiger partial charge on any atom is -0.371 e. The number of nitrogens with one attached hydrogen (secondary N) is 1. The molecule has 1 aromatic carbocycles. The van der Waals surface area contributed by atoms with Crippen LogP contribution in [0, 0.1) is 12.8 Å². The van der Waals surface area contributed by atoms with Gasteiger partial charge in [-0.25, -0.2) is 13.1 Å². The van der Waals surface area contributed by atoms with E-state index in [-0.39, 0.29) is 0 Å². The molecule has 1 saturated heterocycles. The van der Waals surface area contributed by atoms with Crippen LogP contribution in [0.15, 0.2) is 53.6 Å². The number of pyridine rings is 1. The first-order chi connectivity index (χ1) is 11.5. The van der Waals surface area contributed by atoms with Crippen molar-refractivity contribution in [1.29, 1.82) is 0 Å². The van der Waals surface area contributed by atoms with Gasteiger partial charge in [-0.05, 0) is 49.9 Å². The first-order valence-electron chi connectivity index (χ1n) is 8.27. The fourth-order valence-electron chi connectivity index (χ4n) is 3.03. The molecule has 1 fully saturated rings. The van der Waals surface area contributed by atoms with Crippen molar-refractivity contribution in [2.45, 2.75) is 24.7 Å². The fraction of sp³-hybridized carbons (Fsp3) is 0.389. The highest BCUT2D eigenvalue weighted by Crippen LogP contribution is 2.23. The molecular formula is C18H23N3O2S. The van der Waals surface area contributed by atoms with E-state index in [1.807, 2.05) is 25.3 Å². The van der Waals surface area contributed by atoms with Gasteiger partial charge in [-0.15, -0.1) is 0 Å². The summed E-state index contributed by atoms with van der Waals surface area (Å²) in [7, 11) is -3.40. The number of benzene rings is 1. The average molecular weight is 345 g/mol. The van der Waals surface area contributed by atoms with Crippen molar-refractivity contribution in [3.63, 3.8) is 0 Å². The predicted molar refractivity (Wildman–Crippen MR) is 95.5 cm³/mol. The zero-order valence-electron chi connectivity index (χ0n) is 13.9. The van der Waals surface area contributed by atoms with Gasteiger partial charge in [-0.1, -0.05) is 18.2 Å². The Morgan fingerprint density at radius 2 is 1.88 bits per heavy atom. The number of nitrogens with zero attached hydrogens (tertiary/aromatic N) is 2. The summed E-state index contributed by atoms with van der Waals surface area (Å²) >= 11 is 0. The van der Waals surface area contributed by atoms with Crippen LogP contribution in [0.25, 0.3) is 0 Å². The van der Waals surface area contributed by atoms with Gasteiger partial charge in [-0.2, -0.15) is 0 Å². The lowest BCUT2D eigenvalue weighted by Crippen LogP contribution is -2.38. The molecule has 0 radical (unpaired) electrons. The molecule has 0 saturated carbocycles. The second kappa shape index (κ2) is 7.32. The minimum atomic E-state index is -3.40. The summed E-state index contributed by atoms with van der Waals surface area (Å²) < 4.78 is 27.3. The Morgan fingerprint density at radius 1 is 1.17 bits per heavy atom. The second-order valence-electron chi connectivity index (χ2n) is 6.25. The van der Waals surface area contributed by atoms with Crippen molar-refractivity contribution < 1.29 is 8.42 Å². The molecule has 0 bridgehead atoms. The van der Waals surface area contributed by atoms with Crippen molar-refractivity contribution in [3.8, 4) is 0 Å². The molecule has 0 aliphatic carbocycles. The smallest absolute Gasteiger partial charge is 0.240 e. The third-order valence-corrected chi connectivity index (χ3v) is 5.91. The summed E-state index contributed by atoms with van der Waals surface area (Å²) in [5, 5.41) is 0. The van der Waals surface area contributed by atoms with Gasteiger partial charge in [0.1, 0.15) is 0 Å². The average Bonchev–Trinajstić information content (AvgIpc) is 2.61. The lowest BCUT2D eigenvalue weighted by Gasteiger charge is -2.33. The van der Waals surface area contributed by atoms with E-state index in [0.29, 0.717) is 17.4 Å². The largest absolute Gasteiger partial charge is 0.371 e. The maximum atomic E-state index is 12.3. The molecule has 6 heteroatoms. The highest BCUT2D eigenvalue weighted by molar-refractivity contribution is 7.89. The molecule has 128 valence electrons. The van der Waals surface area contributed by atoms with Crippen molar-refractivity contribution in [3.05, 3.63) is 54.4 Å². The number of hydrogen-bond donors (Lipinski definition) is 1. The molecule has 0 spiro atoms. The van der Waals surface area contributed by atoms with Crippen LogP contribution >= 0.6 is 0 Å². The van der Waals surface area contributed by atoms with Crippen LogP contribution in [0.3, 0.4) is 0 Å². The molecule has 1 N–H and O–H groups in total. The second-order valence-corrected chi connectivity index (χ2v) is 8.02. The molecule has 1 aliphatic heterocycles. The van der Waals surface area contributed by atoms with E-state index < -0.39 is 10.0 Å². The molecule has 3 rings (SSSR count). The van der Waals surface area contributed by atoms with E-state index in [1.54, 1.807) is 24.3 Å². The number of hydrogen-bond acceptors (Lipinski definition) is 4. The Labute approximate surface area is 143 Å². The topological polar surface area (TPSA) is 62.3 Å². The fourth-order valence-corrected chi connectivity index (χ4v) is 4.17. The Bertz CT molecular complexity index is 770. The zero-order valence-corrected chi connectivity index (χ0v) is 14.7. The van der Waals surface area contributed by atoms with Crippen LogP contribution < -0.4 is 9.62 Å². The van der Waals surface area contributed by atoms with Gasteiger partial charge in [-0.3, -0.25) is 4.98 Å². The summed E-state index contributed by atoms with van der Waals surface area (Å²) in [6.45, 7) is 4.39. The number of piperidine rings is 1. The Balaban J connectivity index is 1.53. The summed E-state index contributed by atoms with van der Waals surface area (Å²) in [6, 6.07) is 12.7. The number of aromatic nitrogens is 1. The van der Waals surface area contributed by atoms with E-state index in [0.717, 1.165) is 31.6 Å². The quantitative estimate of drug-likeness (QED) is 0.905. The maximum Gasteiger partial charge on any atom is 0.240 e. The standard InChI is InChI=1S/C18H23N3O2S/c1-15-13-17(7-10-19-15)21-11-8-16(9-12-21)14-20-24(22,23)18-5-3-2-4-6-18/h2-7,10,13,16,20H,8-9,11-12,14H2,1H3. The van der Waals surface area contributed by atoms with Crippen molar-refractivity contribution in [2.24, 2.45) is 5.92 Å². The summed E-state index contributed by atoms with van der Waals surface area (Å²) in [4.78, 5) is 6.90. The minimum absolute atomic E-state index is 0.328. The maximum absolute atomic E-state index is 12.3. The molecule has 2 aromatic rings. The van der Waals surface area contributed by atoms with Crippen LogP contribution in [0.2, 0.25) is 0 Å². The molecule has 1 aromatic heterocycles. The lowest BCUT2D eigenvalue weighted by molar-refractivity contribution is 0.402. The van der Waals surface area contributed by atoms with E-state index in [4.69, 9.17) is 0 Å². The molecule has 0 atom stereocenters. The Morgan fingerprint density at radius 3 is 2.54 bits per heavy atom. The van der Waals surface area contributed by atoms with Crippen LogP contribution in [0.5, 0.6) is 0 Å². The Kier molecular flexibility index (Phi) is 5.16. The molecule has 1 aliphatic rings. The Hall–Kier alpha value is -1.92. The first-order valence-corrected chi connectivity index (χ1v) is 9.75. The van der Waals surface area contributed by atoms with E-state index >= 15 is 0 Å². The third-order valence-electron chi connectivity index (χ3n) is 4.48. The van der Waals surface area contributed by atoms with E-state index in [2.05, 4.69) is 20.7 Å². The van der Waals surface area contributed by atoms with E-state index in [9.17, 15) is 8.42 Å². The monoisotopic (exact) mass is 345 g/mol. The molecule has 24 heavy (non-hydrogen) atoms. The molecule has 0 amide bonds. The van der Waals surface area contributed by atoms with Gasteiger partial charge in [0.2, 0.25) is 10.0 Å². The summed E-state index contributed by atoms with van der Waals surface area (Å²) in [6.07, 6.45) is 3.81. The van der Waals surface area contributed by atoms with Crippen LogP contribution in [-0.4, -0.2) is 33.0 Å².